The fourth-order valence-corrected chi connectivity index (χ4v) is 2.79. The van der Waals surface area contributed by atoms with Crippen molar-refractivity contribution in [2.24, 2.45) is 0 Å². The molecule has 0 saturated carbocycles. The number of hydrogen-bond acceptors (Lipinski definition) is 5. The number of aromatic amines is 1. The van der Waals surface area contributed by atoms with E-state index < -0.39 is 11.9 Å². The van der Waals surface area contributed by atoms with Crippen molar-refractivity contribution in [3.63, 3.8) is 0 Å². The van der Waals surface area contributed by atoms with Gasteiger partial charge in [-0.1, -0.05) is 30.3 Å². The van der Waals surface area contributed by atoms with Gasteiger partial charge in [0.2, 0.25) is 0 Å². The molecule has 0 aliphatic heterocycles. The molecular weight excluding hydrogens is 322 g/mol. The molecule has 25 heavy (non-hydrogen) atoms. The Morgan fingerprint density at radius 2 is 1.68 bits per heavy atom. The highest BCUT2D eigenvalue weighted by atomic mass is 16.5. The Morgan fingerprint density at radius 3 is 2.28 bits per heavy atom. The SMILES string of the molecule is COC(=O)c1cc2[nH]c(-c3ccccc3)cc2c(C(=O)OC)c1C=O. The summed E-state index contributed by atoms with van der Waals surface area (Å²) in [6, 6.07) is 12.7. The molecule has 0 aliphatic carbocycles. The number of esters is 2. The van der Waals surface area contributed by atoms with Crippen LogP contribution in [0, 0.1) is 0 Å². The van der Waals surface area contributed by atoms with E-state index >= 15 is 0 Å². The number of methoxy groups -OCH3 is 2. The van der Waals surface area contributed by atoms with E-state index in [0.29, 0.717) is 17.2 Å². The lowest BCUT2D eigenvalue weighted by Gasteiger charge is -2.09. The quantitative estimate of drug-likeness (QED) is 0.583. The highest BCUT2D eigenvalue weighted by Gasteiger charge is 2.25. The number of nitrogens with one attached hydrogen (secondary N) is 1. The first-order valence-corrected chi connectivity index (χ1v) is 7.47. The number of benzene rings is 2. The molecule has 0 radical (unpaired) electrons. The van der Waals surface area contributed by atoms with Gasteiger partial charge in [0.25, 0.3) is 0 Å². The van der Waals surface area contributed by atoms with Crippen LogP contribution in [0.5, 0.6) is 0 Å². The van der Waals surface area contributed by atoms with Crippen molar-refractivity contribution in [3.05, 3.63) is 59.2 Å². The minimum Gasteiger partial charge on any atom is -0.465 e. The van der Waals surface area contributed by atoms with Gasteiger partial charge in [0, 0.05) is 22.2 Å². The third-order valence-corrected chi connectivity index (χ3v) is 3.96. The molecule has 6 heteroatoms. The van der Waals surface area contributed by atoms with E-state index in [0.717, 1.165) is 11.3 Å². The number of H-pyrrole nitrogens is 1. The number of carbonyl (C=O) groups excluding carboxylic acids is 3. The van der Waals surface area contributed by atoms with Crippen molar-refractivity contribution >= 4 is 29.1 Å². The van der Waals surface area contributed by atoms with Gasteiger partial charge in [-0.15, -0.1) is 0 Å². The smallest absolute Gasteiger partial charge is 0.339 e. The van der Waals surface area contributed by atoms with Crippen LogP contribution >= 0.6 is 0 Å². The Bertz CT molecular complexity index is 972. The molecule has 3 rings (SSSR count). The van der Waals surface area contributed by atoms with E-state index in [2.05, 4.69) is 4.98 Å². The maximum Gasteiger partial charge on any atom is 0.339 e. The van der Waals surface area contributed by atoms with Crippen LogP contribution in [0.2, 0.25) is 0 Å². The Kier molecular flexibility index (Phi) is 4.35. The van der Waals surface area contributed by atoms with Gasteiger partial charge in [0.1, 0.15) is 0 Å². The van der Waals surface area contributed by atoms with Gasteiger partial charge >= 0.3 is 11.9 Å². The van der Waals surface area contributed by atoms with Gasteiger partial charge in [0.15, 0.2) is 6.29 Å². The molecule has 3 aromatic rings. The van der Waals surface area contributed by atoms with Gasteiger partial charge in [0.05, 0.1) is 25.3 Å². The summed E-state index contributed by atoms with van der Waals surface area (Å²) in [4.78, 5) is 39.1. The van der Waals surface area contributed by atoms with Crippen LogP contribution in [0.15, 0.2) is 42.5 Å². The van der Waals surface area contributed by atoms with Crippen LogP contribution in [-0.2, 0) is 9.47 Å². The topological polar surface area (TPSA) is 85.5 Å². The summed E-state index contributed by atoms with van der Waals surface area (Å²) >= 11 is 0. The van der Waals surface area contributed by atoms with Gasteiger partial charge in [-0.05, 0) is 17.7 Å². The second-order valence-electron chi connectivity index (χ2n) is 5.32. The highest BCUT2D eigenvalue weighted by Crippen LogP contribution is 2.31. The number of rotatable bonds is 4. The van der Waals surface area contributed by atoms with E-state index in [4.69, 9.17) is 9.47 Å². The third kappa shape index (κ3) is 2.78. The van der Waals surface area contributed by atoms with E-state index in [1.807, 2.05) is 30.3 Å². The number of hydrogen-bond donors (Lipinski definition) is 1. The summed E-state index contributed by atoms with van der Waals surface area (Å²) in [6.07, 6.45) is 0.465. The van der Waals surface area contributed by atoms with Crippen LogP contribution in [0.3, 0.4) is 0 Å². The Labute approximate surface area is 143 Å². The lowest BCUT2D eigenvalue weighted by atomic mass is 9.97. The maximum absolute atomic E-state index is 12.3. The average Bonchev–Trinajstić information content (AvgIpc) is 3.09. The largest absolute Gasteiger partial charge is 0.465 e. The molecule has 1 heterocycles. The fourth-order valence-electron chi connectivity index (χ4n) is 2.79. The van der Waals surface area contributed by atoms with Gasteiger partial charge < -0.3 is 14.5 Å². The molecule has 0 fully saturated rings. The number of carbonyl (C=O) groups is 3. The summed E-state index contributed by atoms with van der Waals surface area (Å²) < 4.78 is 9.53. The predicted molar refractivity (Wildman–Crippen MR) is 91.8 cm³/mol. The Balaban J connectivity index is 2.36. The molecule has 1 N–H and O–H groups in total. The fraction of sp³-hybridized carbons (Fsp3) is 0.105. The molecule has 0 amide bonds. The molecule has 0 bridgehead atoms. The third-order valence-electron chi connectivity index (χ3n) is 3.96. The molecule has 0 aliphatic rings. The molecule has 0 unspecified atom stereocenters. The predicted octanol–water partition coefficient (Wildman–Crippen LogP) is 3.22. The zero-order valence-corrected chi connectivity index (χ0v) is 13.7. The highest BCUT2D eigenvalue weighted by molar-refractivity contribution is 6.15. The van der Waals surface area contributed by atoms with Crippen LogP contribution in [0.4, 0.5) is 0 Å². The van der Waals surface area contributed by atoms with Gasteiger partial charge in [-0.25, -0.2) is 9.59 Å². The number of ether oxygens (including phenoxy) is 2. The van der Waals surface area contributed by atoms with Crippen molar-refractivity contribution in [1.29, 1.82) is 0 Å². The zero-order chi connectivity index (χ0) is 18.0. The lowest BCUT2D eigenvalue weighted by molar-refractivity contribution is 0.0596. The Morgan fingerprint density at radius 1 is 1.00 bits per heavy atom. The van der Waals surface area contributed by atoms with Crippen LogP contribution < -0.4 is 0 Å². The van der Waals surface area contributed by atoms with Crippen LogP contribution in [0.25, 0.3) is 22.2 Å². The molecule has 126 valence electrons. The van der Waals surface area contributed by atoms with Crippen molar-refractivity contribution in [1.82, 2.24) is 4.98 Å². The number of fused-ring (bicyclic) bond motifs is 1. The van der Waals surface area contributed by atoms with Crippen molar-refractivity contribution < 1.29 is 23.9 Å². The van der Waals surface area contributed by atoms with Gasteiger partial charge in [-0.2, -0.15) is 0 Å². The zero-order valence-electron chi connectivity index (χ0n) is 13.7. The first-order valence-electron chi connectivity index (χ1n) is 7.47. The minimum atomic E-state index is -0.704. The van der Waals surface area contributed by atoms with Crippen LogP contribution in [0.1, 0.15) is 31.1 Å². The second kappa shape index (κ2) is 6.60. The first-order chi connectivity index (χ1) is 12.1. The summed E-state index contributed by atoms with van der Waals surface area (Å²) in [5, 5.41) is 0.500. The molecule has 2 aromatic carbocycles. The van der Waals surface area contributed by atoms with E-state index in [1.54, 1.807) is 6.07 Å². The molecule has 0 spiro atoms. The molecule has 0 atom stereocenters. The maximum atomic E-state index is 12.3. The molecule has 6 nitrogen and oxygen atoms in total. The first kappa shape index (κ1) is 16.4. The molecular formula is C19H15NO5. The normalized spacial score (nSPS) is 10.5. The molecule has 0 saturated heterocycles. The van der Waals surface area contributed by atoms with Crippen LogP contribution in [-0.4, -0.2) is 37.4 Å². The van der Waals surface area contributed by atoms with E-state index in [9.17, 15) is 14.4 Å². The van der Waals surface area contributed by atoms with Gasteiger partial charge in [-0.3, -0.25) is 4.79 Å². The van der Waals surface area contributed by atoms with E-state index in [1.165, 1.54) is 20.3 Å². The molecule has 1 aromatic heterocycles. The number of aldehydes is 1. The summed E-state index contributed by atoms with van der Waals surface area (Å²) in [5.74, 6) is -1.40. The number of aromatic nitrogens is 1. The standard InChI is InChI=1S/C19H15NO5/c1-24-18(22)12-8-16-13(17(14(12)10-21)19(23)25-2)9-15(20-16)11-6-4-3-5-7-11/h3-10,20H,1-2H3. The lowest BCUT2D eigenvalue weighted by Crippen LogP contribution is -2.13. The summed E-state index contributed by atoms with van der Waals surface area (Å²) in [7, 11) is 2.43. The van der Waals surface area contributed by atoms with Crippen molar-refractivity contribution in [2.75, 3.05) is 14.2 Å². The van der Waals surface area contributed by atoms with Crippen molar-refractivity contribution in [3.8, 4) is 11.3 Å². The van der Waals surface area contributed by atoms with Crippen molar-refractivity contribution in [2.45, 2.75) is 0 Å². The second-order valence-corrected chi connectivity index (χ2v) is 5.32. The summed E-state index contributed by atoms with van der Waals surface area (Å²) in [5.41, 5.74) is 2.18. The minimum absolute atomic E-state index is 0.00635. The van der Waals surface area contributed by atoms with E-state index in [-0.39, 0.29) is 16.7 Å². The average molecular weight is 337 g/mol. The Hall–Kier alpha value is -3.41. The monoisotopic (exact) mass is 337 g/mol. The summed E-state index contributed by atoms with van der Waals surface area (Å²) in [6.45, 7) is 0.